The first kappa shape index (κ1) is 22.3. The van der Waals surface area contributed by atoms with Crippen LogP contribution in [0.1, 0.15) is 35.2 Å². The van der Waals surface area contributed by atoms with Crippen LogP contribution in [0, 0.1) is 0 Å². The summed E-state index contributed by atoms with van der Waals surface area (Å²) < 4.78 is 5.60. The fourth-order valence-corrected chi connectivity index (χ4v) is 6.51. The van der Waals surface area contributed by atoms with Crippen LogP contribution in [-0.2, 0) is 24.7 Å². The van der Waals surface area contributed by atoms with E-state index < -0.39 is 11.0 Å². The molecule has 0 amide bonds. The Morgan fingerprint density at radius 1 is 0.971 bits per heavy atom. The molecule has 0 bridgehead atoms. The Morgan fingerprint density at radius 2 is 1.80 bits per heavy atom. The van der Waals surface area contributed by atoms with E-state index in [1.807, 2.05) is 18.2 Å². The first-order valence-electron chi connectivity index (χ1n) is 12.6. The van der Waals surface area contributed by atoms with E-state index in [1.165, 1.54) is 5.56 Å². The molecule has 1 aromatic heterocycles. The molecule has 2 N–H and O–H groups in total. The van der Waals surface area contributed by atoms with Gasteiger partial charge in [-0.15, -0.1) is 0 Å². The average molecular weight is 465 g/mol. The summed E-state index contributed by atoms with van der Waals surface area (Å²) in [5.41, 5.74) is 4.37. The van der Waals surface area contributed by atoms with Crippen molar-refractivity contribution in [2.75, 3.05) is 13.7 Å². The Balaban J connectivity index is 1.47. The van der Waals surface area contributed by atoms with Gasteiger partial charge in [-0.3, -0.25) is 4.98 Å². The van der Waals surface area contributed by atoms with Gasteiger partial charge < -0.3 is 15.2 Å². The minimum Gasteiger partial charge on any atom is -0.497 e. The number of nitrogens with zero attached hydrogens (tertiary/aromatic N) is 1. The minimum atomic E-state index is -0.941. The fraction of sp³-hybridized carbons (Fsp3) is 0.323. The van der Waals surface area contributed by atoms with Crippen LogP contribution in [0.4, 0.5) is 0 Å². The smallest absolute Gasteiger partial charge is 0.119 e. The molecule has 1 unspecified atom stereocenters. The van der Waals surface area contributed by atoms with Gasteiger partial charge in [0.2, 0.25) is 0 Å². The third-order valence-corrected chi connectivity index (χ3v) is 8.36. The van der Waals surface area contributed by atoms with Crippen molar-refractivity contribution >= 4 is 10.9 Å². The number of aromatic nitrogens is 1. The number of benzene rings is 3. The normalized spacial score (nSPS) is 25.6. The molecule has 178 valence electrons. The molecule has 1 saturated heterocycles. The number of aliphatic hydroxyl groups is 1. The first-order chi connectivity index (χ1) is 17.1. The number of aryl methyl sites for hydroxylation is 1. The number of nitrogens with one attached hydrogen (secondary N) is 1. The summed E-state index contributed by atoms with van der Waals surface area (Å²) in [6, 6.07) is 29.4. The summed E-state index contributed by atoms with van der Waals surface area (Å²) in [4.78, 5) is 5.11. The van der Waals surface area contributed by atoms with E-state index in [-0.39, 0.29) is 6.04 Å². The highest BCUT2D eigenvalue weighted by Gasteiger charge is 2.59. The van der Waals surface area contributed by atoms with Crippen molar-refractivity contribution in [3.05, 3.63) is 107 Å². The summed E-state index contributed by atoms with van der Waals surface area (Å²) in [6.07, 6.45) is 3.97. The van der Waals surface area contributed by atoms with Gasteiger partial charge in [0.05, 0.1) is 18.2 Å². The minimum absolute atomic E-state index is 0.0257. The monoisotopic (exact) mass is 464 g/mol. The molecule has 2 heterocycles. The van der Waals surface area contributed by atoms with Gasteiger partial charge in [0.15, 0.2) is 0 Å². The molecule has 1 aliphatic heterocycles. The van der Waals surface area contributed by atoms with Gasteiger partial charge in [0.25, 0.3) is 0 Å². The summed E-state index contributed by atoms with van der Waals surface area (Å²) in [7, 11) is 1.71. The fourth-order valence-electron chi connectivity index (χ4n) is 6.51. The standard InChI is InChI=1S/C31H32N2O2/c1-35-26-12-7-11-25(19-26)30-16-17-32-29(15-14-22-8-3-2-4-9-22)31(30,34)20-24-18-23-10-5-6-13-27(23)33-28(24)21-30/h2-13,18-19,29,32,34H,14-17,20-21H2,1H3/t29?,30-,31-/m0/s1. The first-order valence-corrected chi connectivity index (χ1v) is 12.6. The molecule has 6 rings (SSSR count). The van der Waals surface area contributed by atoms with Crippen molar-refractivity contribution in [3.8, 4) is 5.75 Å². The zero-order valence-electron chi connectivity index (χ0n) is 20.2. The third kappa shape index (κ3) is 3.72. The van der Waals surface area contributed by atoms with Crippen LogP contribution in [0.25, 0.3) is 10.9 Å². The van der Waals surface area contributed by atoms with E-state index in [2.05, 4.69) is 72.0 Å². The Hall–Kier alpha value is -3.21. The van der Waals surface area contributed by atoms with E-state index >= 15 is 0 Å². The number of fused-ring (bicyclic) bond motifs is 3. The van der Waals surface area contributed by atoms with Crippen LogP contribution in [-0.4, -0.2) is 35.4 Å². The SMILES string of the molecule is COc1cccc([C@@]23CCNC(CCc4ccccc4)[C@@]2(O)Cc2cc4ccccc4nc2C3)c1. The summed E-state index contributed by atoms with van der Waals surface area (Å²) >= 11 is 0. The Kier molecular flexibility index (Phi) is 5.58. The molecule has 4 heteroatoms. The second kappa shape index (κ2) is 8.78. The molecular formula is C31H32N2O2. The molecule has 1 fully saturated rings. The molecule has 35 heavy (non-hydrogen) atoms. The van der Waals surface area contributed by atoms with Gasteiger partial charge in [-0.25, -0.2) is 0 Å². The topological polar surface area (TPSA) is 54.4 Å². The van der Waals surface area contributed by atoms with Crippen LogP contribution >= 0.6 is 0 Å². The Bertz CT molecular complexity index is 1350. The second-order valence-electron chi connectivity index (χ2n) is 10.2. The highest BCUT2D eigenvalue weighted by atomic mass is 16.5. The third-order valence-electron chi connectivity index (χ3n) is 8.36. The number of pyridine rings is 1. The van der Waals surface area contributed by atoms with Crippen LogP contribution in [0.15, 0.2) is 84.9 Å². The average Bonchev–Trinajstić information content (AvgIpc) is 2.90. The predicted octanol–water partition coefficient (Wildman–Crippen LogP) is 5.01. The lowest BCUT2D eigenvalue weighted by Crippen LogP contribution is -2.71. The quantitative estimate of drug-likeness (QED) is 0.436. The summed E-state index contributed by atoms with van der Waals surface area (Å²) in [5.74, 6) is 0.830. The van der Waals surface area contributed by atoms with E-state index in [1.54, 1.807) is 7.11 Å². The number of ether oxygens (including phenoxy) is 1. The number of hydrogen-bond acceptors (Lipinski definition) is 4. The van der Waals surface area contributed by atoms with Crippen molar-refractivity contribution in [1.82, 2.24) is 10.3 Å². The molecule has 3 atom stereocenters. The number of rotatable bonds is 5. The number of para-hydroxylation sites is 1. The molecule has 4 nitrogen and oxygen atoms in total. The molecule has 0 radical (unpaired) electrons. The van der Waals surface area contributed by atoms with Crippen molar-refractivity contribution in [3.63, 3.8) is 0 Å². The van der Waals surface area contributed by atoms with E-state index in [0.29, 0.717) is 6.42 Å². The Labute approximate surface area is 207 Å². The van der Waals surface area contributed by atoms with E-state index in [0.717, 1.165) is 65.7 Å². The van der Waals surface area contributed by atoms with Crippen molar-refractivity contribution in [2.45, 2.75) is 49.2 Å². The molecule has 0 saturated carbocycles. The maximum absolute atomic E-state index is 12.8. The lowest BCUT2D eigenvalue weighted by Gasteiger charge is -2.58. The van der Waals surface area contributed by atoms with Gasteiger partial charge in [0, 0.05) is 35.4 Å². The van der Waals surface area contributed by atoms with Gasteiger partial charge in [-0.05, 0) is 66.8 Å². The van der Waals surface area contributed by atoms with Crippen molar-refractivity contribution in [2.24, 2.45) is 0 Å². The van der Waals surface area contributed by atoms with E-state index in [9.17, 15) is 5.11 Å². The summed E-state index contributed by atoms with van der Waals surface area (Å²) in [5, 5.41) is 17.6. The maximum atomic E-state index is 12.8. The van der Waals surface area contributed by atoms with Crippen molar-refractivity contribution < 1.29 is 9.84 Å². The highest BCUT2D eigenvalue weighted by molar-refractivity contribution is 5.79. The zero-order valence-corrected chi connectivity index (χ0v) is 20.2. The molecule has 2 aliphatic rings. The zero-order chi connectivity index (χ0) is 23.9. The largest absolute Gasteiger partial charge is 0.497 e. The number of methoxy groups -OCH3 is 1. The van der Waals surface area contributed by atoms with Gasteiger partial charge in [0.1, 0.15) is 5.75 Å². The van der Waals surface area contributed by atoms with Gasteiger partial charge in [-0.1, -0.05) is 60.7 Å². The summed E-state index contributed by atoms with van der Waals surface area (Å²) in [6.45, 7) is 0.863. The molecule has 4 aromatic rings. The second-order valence-corrected chi connectivity index (χ2v) is 10.2. The molecule has 3 aromatic carbocycles. The van der Waals surface area contributed by atoms with Crippen LogP contribution in [0.3, 0.4) is 0 Å². The van der Waals surface area contributed by atoms with Crippen LogP contribution in [0.2, 0.25) is 0 Å². The van der Waals surface area contributed by atoms with Crippen molar-refractivity contribution in [1.29, 1.82) is 0 Å². The lowest BCUT2D eigenvalue weighted by molar-refractivity contribution is -0.100. The molecule has 0 spiro atoms. The number of hydrogen-bond donors (Lipinski definition) is 2. The predicted molar refractivity (Wildman–Crippen MR) is 140 cm³/mol. The van der Waals surface area contributed by atoms with Gasteiger partial charge in [-0.2, -0.15) is 0 Å². The highest BCUT2D eigenvalue weighted by Crippen LogP contribution is 2.52. The maximum Gasteiger partial charge on any atom is 0.119 e. The van der Waals surface area contributed by atoms with Crippen LogP contribution in [0.5, 0.6) is 5.75 Å². The molecule has 1 aliphatic carbocycles. The molecular weight excluding hydrogens is 432 g/mol. The Morgan fingerprint density at radius 3 is 2.66 bits per heavy atom. The number of piperidine rings is 1. The van der Waals surface area contributed by atoms with Gasteiger partial charge >= 0.3 is 0 Å². The van der Waals surface area contributed by atoms with Crippen LogP contribution < -0.4 is 10.1 Å². The van der Waals surface area contributed by atoms with E-state index in [4.69, 9.17) is 9.72 Å². The lowest BCUT2D eigenvalue weighted by atomic mass is 9.53.